The standard InChI is InChI=1S/C13H14ClN3S/c1-8-5-12(11(6-15)9(2)17-8)18-13-4-3-10(14)7-16-13/h3-5,7H,6,15H2,1-2H3. The molecule has 0 aliphatic heterocycles. The highest BCUT2D eigenvalue weighted by Crippen LogP contribution is 2.31. The molecule has 0 amide bonds. The Kier molecular flexibility index (Phi) is 4.22. The van der Waals surface area contributed by atoms with Crippen molar-refractivity contribution in [1.82, 2.24) is 9.97 Å². The molecule has 94 valence electrons. The lowest BCUT2D eigenvalue weighted by atomic mass is 10.2. The lowest BCUT2D eigenvalue weighted by Crippen LogP contribution is -2.04. The molecule has 3 nitrogen and oxygen atoms in total. The van der Waals surface area contributed by atoms with Gasteiger partial charge in [-0.1, -0.05) is 23.4 Å². The fourth-order valence-electron chi connectivity index (χ4n) is 1.69. The van der Waals surface area contributed by atoms with Crippen LogP contribution in [0.1, 0.15) is 17.0 Å². The highest BCUT2D eigenvalue weighted by Gasteiger charge is 2.09. The molecule has 0 radical (unpaired) electrons. The molecule has 0 aliphatic carbocycles. The summed E-state index contributed by atoms with van der Waals surface area (Å²) in [5.74, 6) is 0. The Morgan fingerprint density at radius 2 is 2.11 bits per heavy atom. The molecule has 2 aromatic heterocycles. The summed E-state index contributed by atoms with van der Waals surface area (Å²) in [4.78, 5) is 9.81. The van der Waals surface area contributed by atoms with Gasteiger partial charge in [0.15, 0.2) is 0 Å². The van der Waals surface area contributed by atoms with Gasteiger partial charge in [0.05, 0.1) is 5.02 Å². The highest BCUT2D eigenvalue weighted by atomic mass is 35.5. The molecule has 0 saturated heterocycles. The van der Waals surface area contributed by atoms with Gasteiger partial charge in [-0.3, -0.25) is 4.98 Å². The summed E-state index contributed by atoms with van der Waals surface area (Å²) in [6.07, 6.45) is 1.65. The first-order chi connectivity index (χ1) is 8.60. The molecular formula is C13H14ClN3S. The monoisotopic (exact) mass is 279 g/mol. The van der Waals surface area contributed by atoms with E-state index in [1.807, 2.05) is 32.0 Å². The van der Waals surface area contributed by atoms with Crippen LogP contribution >= 0.6 is 23.4 Å². The largest absolute Gasteiger partial charge is 0.326 e. The molecule has 18 heavy (non-hydrogen) atoms. The zero-order valence-corrected chi connectivity index (χ0v) is 11.8. The van der Waals surface area contributed by atoms with Crippen molar-refractivity contribution in [3.8, 4) is 0 Å². The van der Waals surface area contributed by atoms with Gasteiger partial charge in [0.25, 0.3) is 0 Å². The topological polar surface area (TPSA) is 51.8 Å². The Bertz CT molecular complexity index is 555. The van der Waals surface area contributed by atoms with E-state index in [9.17, 15) is 0 Å². The minimum absolute atomic E-state index is 0.481. The van der Waals surface area contributed by atoms with Crippen LogP contribution in [0.5, 0.6) is 0 Å². The van der Waals surface area contributed by atoms with Gasteiger partial charge in [0.1, 0.15) is 5.03 Å². The van der Waals surface area contributed by atoms with Crippen molar-refractivity contribution in [2.24, 2.45) is 5.73 Å². The van der Waals surface area contributed by atoms with Crippen molar-refractivity contribution in [1.29, 1.82) is 0 Å². The second kappa shape index (κ2) is 5.69. The summed E-state index contributed by atoms with van der Waals surface area (Å²) in [7, 11) is 0. The maximum Gasteiger partial charge on any atom is 0.101 e. The van der Waals surface area contributed by atoms with Crippen LogP contribution in [0.3, 0.4) is 0 Å². The molecule has 2 aromatic rings. The summed E-state index contributed by atoms with van der Waals surface area (Å²) < 4.78 is 0. The van der Waals surface area contributed by atoms with Gasteiger partial charge in [0.2, 0.25) is 0 Å². The van der Waals surface area contributed by atoms with Crippen molar-refractivity contribution >= 4 is 23.4 Å². The number of rotatable bonds is 3. The molecule has 0 aromatic carbocycles. The van der Waals surface area contributed by atoms with Crippen LogP contribution in [0.2, 0.25) is 5.02 Å². The third-order valence-corrected chi connectivity index (χ3v) is 3.80. The van der Waals surface area contributed by atoms with Gasteiger partial charge in [-0.2, -0.15) is 0 Å². The number of pyridine rings is 2. The van der Waals surface area contributed by atoms with E-state index < -0.39 is 0 Å². The Labute approximate surface area is 116 Å². The van der Waals surface area contributed by atoms with Gasteiger partial charge < -0.3 is 5.73 Å². The van der Waals surface area contributed by atoms with Crippen LogP contribution in [0, 0.1) is 13.8 Å². The molecular weight excluding hydrogens is 266 g/mol. The van der Waals surface area contributed by atoms with Crippen LogP contribution in [0.4, 0.5) is 0 Å². The zero-order valence-electron chi connectivity index (χ0n) is 10.3. The molecule has 0 bridgehead atoms. The number of aryl methyl sites for hydroxylation is 2. The Hall–Kier alpha value is -1.10. The Balaban J connectivity index is 2.36. The normalized spacial score (nSPS) is 10.7. The first-order valence-electron chi connectivity index (χ1n) is 5.56. The van der Waals surface area contributed by atoms with E-state index in [4.69, 9.17) is 17.3 Å². The molecule has 2 N–H and O–H groups in total. The molecule has 5 heteroatoms. The van der Waals surface area contributed by atoms with Gasteiger partial charge in [-0.15, -0.1) is 0 Å². The van der Waals surface area contributed by atoms with Gasteiger partial charge in [0, 0.05) is 34.6 Å². The fraction of sp³-hybridized carbons (Fsp3) is 0.231. The Morgan fingerprint density at radius 3 is 2.72 bits per heavy atom. The highest BCUT2D eigenvalue weighted by molar-refractivity contribution is 7.99. The van der Waals surface area contributed by atoms with Crippen molar-refractivity contribution in [3.05, 3.63) is 46.4 Å². The predicted molar refractivity (Wildman–Crippen MR) is 75.0 cm³/mol. The third-order valence-electron chi connectivity index (χ3n) is 2.54. The van der Waals surface area contributed by atoms with Crippen LogP contribution in [0.25, 0.3) is 0 Å². The number of aromatic nitrogens is 2. The predicted octanol–water partition coefficient (Wildman–Crippen LogP) is 3.36. The van der Waals surface area contributed by atoms with Gasteiger partial charge >= 0.3 is 0 Å². The first kappa shape index (κ1) is 13.3. The number of nitrogens with two attached hydrogens (primary N) is 1. The summed E-state index contributed by atoms with van der Waals surface area (Å²) in [5, 5.41) is 1.54. The maximum absolute atomic E-state index is 5.82. The fourth-order valence-corrected chi connectivity index (χ4v) is 2.86. The molecule has 0 atom stereocenters. The van der Waals surface area contributed by atoms with E-state index in [-0.39, 0.29) is 0 Å². The van der Waals surface area contributed by atoms with E-state index in [0.717, 1.165) is 26.9 Å². The summed E-state index contributed by atoms with van der Waals surface area (Å²) in [6.45, 7) is 4.44. The van der Waals surface area contributed by atoms with Crippen LogP contribution in [-0.2, 0) is 6.54 Å². The summed E-state index contributed by atoms with van der Waals surface area (Å²) in [6, 6.07) is 5.77. The summed E-state index contributed by atoms with van der Waals surface area (Å²) >= 11 is 7.41. The minimum atomic E-state index is 0.481. The average Bonchev–Trinajstić information content (AvgIpc) is 2.32. The second-order valence-electron chi connectivity index (χ2n) is 3.95. The molecule has 0 saturated carbocycles. The van der Waals surface area contributed by atoms with E-state index in [0.29, 0.717) is 11.6 Å². The zero-order chi connectivity index (χ0) is 13.1. The molecule has 2 rings (SSSR count). The maximum atomic E-state index is 5.82. The molecule has 0 aliphatic rings. The van der Waals surface area contributed by atoms with Crippen LogP contribution in [0.15, 0.2) is 34.3 Å². The number of halogens is 1. The van der Waals surface area contributed by atoms with Crippen molar-refractivity contribution in [2.45, 2.75) is 30.3 Å². The van der Waals surface area contributed by atoms with E-state index in [1.165, 1.54) is 0 Å². The lowest BCUT2D eigenvalue weighted by molar-refractivity contribution is 0.943. The third kappa shape index (κ3) is 3.02. The lowest BCUT2D eigenvalue weighted by Gasteiger charge is -2.10. The molecule has 0 spiro atoms. The Morgan fingerprint density at radius 1 is 1.33 bits per heavy atom. The molecule has 0 unspecified atom stereocenters. The quantitative estimate of drug-likeness (QED) is 0.936. The average molecular weight is 280 g/mol. The molecule has 0 fully saturated rings. The van der Waals surface area contributed by atoms with E-state index >= 15 is 0 Å². The number of hydrogen-bond donors (Lipinski definition) is 1. The van der Waals surface area contributed by atoms with Gasteiger partial charge in [-0.05, 0) is 32.0 Å². The number of hydrogen-bond acceptors (Lipinski definition) is 4. The van der Waals surface area contributed by atoms with Crippen molar-refractivity contribution in [2.75, 3.05) is 0 Å². The van der Waals surface area contributed by atoms with Crippen molar-refractivity contribution < 1.29 is 0 Å². The van der Waals surface area contributed by atoms with Crippen LogP contribution in [-0.4, -0.2) is 9.97 Å². The SMILES string of the molecule is Cc1cc(Sc2ccc(Cl)cn2)c(CN)c(C)n1. The minimum Gasteiger partial charge on any atom is -0.326 e. The van der Waals surface area contributed by atoms with Crippen molar-refractivity contribution in [3.63, 3.8) is 0 Å². The van der Waals surface area contributed by atoms with Gasteiger partial charge in [-0.25, -0.2) is 4.98 Å². The second-order valence-corrected chi connectivity index (χ2v) is 5.45. The number of nitrogens with zero attached hydrogens (tertiary/aromatic N) is 2. The molecule has 2 heterocycles. The van der Waals surface area contributed by atoms with E-state index in [2.05, 4.69) is 9.97 Å². The smallest absolute Gasteiger partial charge is 0.101 e. The van der Waals surface area contributed by atoms with E-state index in [1.54, 1.807) is 18.0 Å². The first-order valence-corrected chi connectivity index (χ1v) is 6.76. The summed E-state index contributed by atoms with van der Waals surface area (Å²) in [5.41, 5.74) is 8.82. The van der Waals surface area contributed by atoms with Crippen LogP contribution < -0.4 is 5.73 Å².